The van der Waals surface area contributed by atoms with Crippen LogP contribution in [0.15, 0.2) is 76.4 Å². The summed E-state index contributed by atoms with van der Waals surface area (Å²) in [5.74, 6) is -1.87. The number of amides is 2. The third-order valence-electron chi connectivity index (χ3n) is 5.07. The van der Waals surface area contributed by atoms with Crippen molar-refractivity contribution in [3.8, 4) is 0 Å². The molecule has 6 nitrogen and oxygen atoms in total. The average molecular weight is 423 g/mol. The molecule has 8 heteroatoms. The van der Waals surface area contributed by atoms with Crippen molar-refractivity contribution in [1.29, 1.82) is 0 Å². The number of hydrogen-bond acceptors (Lipinski definition) is 4. The number of halogens is 2. The zero-order valence-corrected chi connectivity index (χ0v) is 16.7. The molecule has 3 aromatic rings. The van der Waals surface area contributed by atoms with Gasteiger partial charge in [-0.2, -0.15) is 5.10 Å². The van der Waals surface area contributed by atoms with Crippen molar-refractivity contribution in [1.82, 2.24) is 9.91 Å². The highest BCUT2D eigenvalue weighted by molar-refractivity contribution is 6.03. The molecule has 0 bridgehead atoms. The van der Waals surface area contributed by atoms with Crippen LogP contribution in [0.3, 0.4) is 0 Å². The second-order valence-corrected chi connectivity index (χ2v) is 7.14. The van der Waals surface area contributed by atoms with Crippen LogP contribution in [0.4, 0.5) is 8.78 Å². The minimum absolute atomic E-state index is 0.0953. The maximum atomic E-state index is 14.5. The summed E-state index contributed by atoms with van der Waals surface area (Å²) in [5, 5.41) is 5.46. The van der Waals surface area contributed by atoms with E-state index < -0.39 is 29.5 Å². The summed E-state index contributed by atoms with van der Waals surface area (Å²) >= 11 is 0. The highest BCUT2D eigenvalue weighted by Gasteiger charge is 2.36. The van der Waals surface area contributed by atoms with Gasteiger partial charge in [0.15, 0.2) is 5.76 Å². The highest BCUT2D eigenvalue weighted by Crippen LogP contribution is 2.34. The number of nitrogens with zero attached hydrogens (tertiary/aromatic N) is 3. The van der Waals surface area contributed by atoms with Gasteiger partial charge in [0, 0.05) is 24.6 Å². The molecule has 31 heavy (non-hydrogen) atoms. The predicted octanol–water partition coefficient (Wildman–Crippen LogP) is 4.01. The molecule has 0 saturated heterocycles. The first-order chi connectivity index (χ1) is 15.0. The minimum Gasteiger partial charge on any atom is -0.459 e. The van der Waals surface area contributed by atoms with Crippen LogP contribution in [0, 0.1) is 11.6 Å². The first-order valence-electron chi connectivity index (χ1n) is 9.63. The van der Waals surface area contributed by atoms with Crippen LogP contribution in [0.25, 0.3) is 0 Å². The number of rotatable bonds is 5. The maximum absolute atomic E-state index is 14.5. The summed E-state index contributed by atoms with van der Waals surface area (Å²) in [7, 11) is 1.46. The summed E-state index contributed by atoms with van der Waals surface area (Å²) in [5.41, 5.74) is 0.852. The van der Waals surface area contributed by atoms with Gasteiger partial charge in [-0.15, -0.1) is 0 Å². The van der Waals surface area contributed by atoms with Gasteiger partial charge in [0.25, 0.3) is 11.8 Å². The lowest BCUT2D eigenvalue weighted by Crippen LogP contribution is -2.39. The van der Waals surface area contributed by atoms with Gasteiger partial charge in [-0.1, -0.05) is 36.4 Å². The molecular formula is C23H19F2N3O3. The van der Waals surface area contributed by atoms with Gasteiger partial charge in [0.2, 0.25) is 0 Å². The van der Waals surface area contributed by atoms with Crippen molar-refractivity contribution >= 4 is 17.5 Å². The van der Waals surface area contributed by atoms with Crippen LogP contribution in [-0.4, -0.2) is 41.0 Å². The topological polar surface area (TPSA) is 66.1 Å². The average Bonchev–Trinajstić information content (AvgIpc) is 3.44. The van der Waals surface area contributed by atoms with E-state index in [1.807, 2.05) is 0 Å². The number of hydrazone groups is 1. The Morgan fingerprint density at radius 1 is 1.06 bits per heavy atom. The van der Waals surface area contributed by atoms with Crippen molar-refractivity contribution in [2.75, 3.05) is 13.6 Å². The molecule has 0 radical (unpaired) electrons. The standard InChI is InChI=1S/C23H19F2N3O3/c1-27(23(30)21-11-6-12-31-21)14-22(29)28-20(16-8-3-5-10-18(16)25)13-19(26-28)15-7-2-4-9-17(15)24/h2-12,20H,13-14H2,1H3/t20-/m1/s1. The molecule has 0 aliphatic carbocycles. The van der Waals surface area contributed by atoms with E-state index in [4.69, 9.17) is 4.42 Å². The largest absolute Gasteiger partial charge is 0.459 e. The molecule has 2 amide bonds. The number of hydrogen-bond donors (Lipinski definition) is 0. The summed E-state index contributed by atoms with van der Waals surface area (Å²) in [4.78, 5) is 26.7. The molecular weight excluding hydrogens is 404 g/mol. The third-order valence-corrected chi connectivity index (χ3v) is 5.07. The van der Waals surface area contributed by atoms with Gasteiger partial charge in [-0.25, -0.2) is 13.8 Å². The van der Waals surface area contributed by atoms with Gasteiger partial charge in [-0.3, -0.25) is 9.59 Å². The van der Waals surface area contributed by atoms with Crippen LogP contribution >= 0.6 is 0 Å². The van der Waals surface area contributed by atoms with E-state index in [0.717, 1.165) is 5.01 Å². The molecule has 4 rings (SSSR count). The van der Waals surface area contributed by atoms with Crippen LogP contribution in [-0.2, 0) is 4.79 Å². The highest BCUT2D eigenvalue weighted by atomic mass is 19.1. The molecule has 0 N–H and O–H groups in total. The molecule has 2 aromatic carbocycles. The number of carbonyl (C=O) groups is 2. The van der Waals surface area contributed by atoms with Crippen LogP contribution in [0.2, 0.25) is 0 Å². The lowest BCUT2D eigenvalue weighted by atomic mass is 9.97. The van der Waals surface area contributed by atoms with Gasteiger partial charge in [0.05, 0.1) is 18.0 Å². The van der Waals surface area contributed by atoms with Crippen LogP contribution in [0.5, 0.6) is 0 Å². The van der Waals surface area contributed by atoms with Crippen LogP contribution in [0.1, 0.15) is 34.1 Å². The summed E-state index contributed by atoms with van der Waals surface area (Å²) < 4.78 is 33.9. The van der Waals surface area contributed by atoms with E-state index in [1.165, 1.54) is 36.4 Å². The molecule has 1 aromatic heterocycles. The number of benzene rings is 2. The van der Waals surface area contributed by atoms with Gasteiger partial charge in [-0.05, 0) is 24.3 Å². The van der Waals surface area contributed by atoms with E-state index in [0.29, 0.717) is 5.71 Å². The molecule has 0 fully saturated rings. The number of carbonyl (C=O) groups excluding carboxylic acids is 2. The monoisotopic (exact) mass is 423 g/mol. The van der Waals surface area contributed by atoms with Crippen molar-refractivity contribution in [3.63, 3.8) is 0 Å². The molecule has 0 unspecified atom stereocenters. The first-order valence-corrected chi connectivity index (χ1v) is 9.63. The lowest BCUT2D eigenvalue weighted by Gasteiger charge is -2.24. The van der Waals surface area contributed by atoms with Gasteiger partial charge < -0.3 is 9.32 Å². The SMILES string of the molecule is CN(CC(=O)N1N=C(c2ccccc2F)C[C@@H]1c1ccccc1F)C(=O)c1ccco1. The zero-order chi connectivity index (χ0) is 22.0. The minimum atomic E-state index is -0.754. The van der Waals surface area contributed by atoms with Crippen molar-refractivity contribution in [3.05, 3.63) is 95.4 Å². The molecule has 1 aliphatic rings. The van der Waals surface area contributed by atoms with Crippen LogP contribution < -0.4 is 0 Å². The maximum Gasteiger partial charge on any atom is 0.289 e. The zero-order valence-electron chi connectivity index (χ0n) is 16.7. The second-order valence-electron chi connectivity index (χ2n) is 7.14. The van der Waals surface area contributed by atoms with Crippen molar-refractivity contribution in [2.24, 2.45) is 5.10 Å². The summed E-state index contributed by atoms with van der Waals surface area (Å²) in [6.07, 6.45) is 1.51. The Kier molecular flexibility index (Phi) is 5.62. The van der Waals surface area contributed by atoms with E-state index in [9.17, 15) is 18.4 Å². The molecule has 0 spiro atoms. The fourth-order valence-electron chi connectivity index (χ4n) is 3.52. The molecule has 2 heterocycles. The fourth-order valence-corrected chi connectivity index (χ4v) is 3.52. The van der Waals surface area contributed by atoms with Gasteiger partial charge in [0.1, 0.15) is 18.2 Å². The van der Waals surface area contributed by atoms with Crippen molar-refractivity contribution in [2.45, 2.75) is 12.5 Å². The van der Waals surface area contributed by atoms with Crippen molar-refractivity contribution < 1.29 is 22.8 Å². The van der Waals surface area contributed by atoms with E-state index >= 15 is 0 Å². The Bertz CT molecular complexity index is 1140. The Hall–Kier alpha value is -3.81. The second kappa shape index (κ2) is 8.51. The summed E-state index contributed by atoms with van der Waals surface area (Å²) in [6.45, 7) is -0.307. The summed E-state index contributed by atoms with van der Waals surface area (Å²) in [6, 6.07) is 14.5. The Labute approximate surface area is 177 Å². The quantitative estimate of drug-likeness (QED) is 0.623. The Balaban J connectivity index is 1.63. The number of likely N-dealkylation sites (N-methyl/N-ethyl adjacent to an activating group) is 1. The lowest BCUT2D eigenvalue weighted by molar-refractivity contribution is -0.133. The Morgan fingerprint density at radius 3 is 2.45 bits per heavy atom. The first kappa shape index (κ1) is 20.5. The van der Waals surface area contributed by atoms with Gasteiger partial charge >= 0.3 is 0 Å². The molecule has 1 aliphatic heterocycles. The fraction of sp³-hybridized carbons (Fsp3) is 0.174. The van der Waals surface area contributed by atoms with E-state index in [2.05, 4.69) is 5.10 Å². The predicted molar refractivity (Wildman–Crippen MR) is 109 cm³/mol. The van der Waals surface area contributed by atoms with E-state index in [-0.39, 0.29) is 29.9 Å². The molecule has 158 valence electrons. The van der Waals surface area contributed by atoms with E-state index in [1.54, 1.807) is 42.5 Å². The number of furan rings is 1. The normalized spacial score (nSPS) is 15.6. The Morgan fingerprint density at radius 2 is 1.77 bits per heavy atom. The smallest absolute Gasteiger partial charge is 0.289 e. The third kappa shape index (κ3) is 4.09. The molecule has 1 atom stereocenters. The molecule has 0 saturated carbocycles.